The first-order valence-corrected chi connectivity index (χ1v) is 11.2. The number of amides is 1. The largest absolute Gasteiger partial charge is 0.373 e. The van der Waals surface area contributed by atoms with Gasteiger partial charge in [0.25, 0.3) is 0 Å². The number of hydrogen-bond donors (Lipinski definition) is 2. The molecule has 2 N–H and O–H groups in total. The Morgan fingerprint density at radius 1 is 1.26 bits per heavy atom. The second kappa shape index (κ2) is 8.30. The summed E-state index contributed by atoms with van der Waals surface area (Å²) in [5, 5.41) is 4.46. The zero-order valence-corrected chi connectivity index (χ0v) is 18.3. The van der Waals surface area contributed by atoms with Crippen molar-refractivity contribution >= 4 is 22.6 Å². The number of H-pyrrole nitrogens is 1. The fraction of sp³-hybridized carbons (Fsp3) is 0.458. The van der Waals surface area contributed by atoms with Gasteiger partial charge in [0.05, 0.1) is 11.7 Å². The van der Waals surface area contributed by atoms with Crippen molar-refractivity contribution in [1.82, 2.24) is 24.8 Å². The average Bonchev–Trinajstić information content (AvgIpc) is 3.44. The Labute approximate surface area is 182 Å². The second-order valence-electron chi connectivity index (χ2n) is 8.70. The van der Waals surface area contributed by atoms with Gasteiger partial charge >= 0.3 is 0 Å². The lowest BCUT2D eigenvalue weighted by Crippen LogP contribution is -2.33. The Morgan fingerprint density at radius 3 is 3.00 bits per heavy atom. The molecular weight excluding hydrogens is 388 g/mol. The topological polar surface area (TPSA) is 77.1 Å². The Balaban J connectivity index is 1.34. The van der Waals surface area contributed by atoms with Gasteiger partial charge in [0, 0.05) is 55.8 Å². The number of carbonyl (C=O) groups is 1. The Bertz CT molecular complexity index is 1110. The fourth-order valence-corrected chi connectivity index (χ4v) is 4.99. The number of carbonyl (C=O) groups excluding carboxylic acids is 1. The summed E-state index contributed by atoms with van der Waals surface area (Å²) >= 11 is 0. The molecule has 1 fully saturated rings. The first kappa shape index (κ1) is 20.0. The zero-order chi connectivity index (χ0) is 21.4. The molecule has 0 saturated carbocycles. The lowest BCUT2D eigenvalue weighted by atomic mass is 10.0. The summed E-state index contributed by atoms with van der Waals surface area (Å²) in [7, 11) is 4.05. The third-order valence-electron chi connectivity index (χ3n) is 6.66. The van der Waals surface area contributed by atoms with Crippen LogP contribution < -0.4 is 5.32 Å². The van der Waals surface area contributed by atoms with Crippen molar-refractivity contribution in [2.45, 2.75) is 44.7 Å². The molecule has 2 aliphatic heterocycles. The van der Waals surface area contributed by atoms with E-state index < -0.39 is 0 Å². The van der Waals surface area contributed by atoms with Crippen LogP contribution >= 0.6 is 0 Å². The van der Waals surface area contributed by atoms with Crippen LogP contribution in [0.1, 0.15) is 47.9 Å². The average molecular weight is 419 g/mol. The maximum atomic E-state index is 13.2. The number of aryl methyl sites for hydroxylation is 1. The Hall–Kier alpha value is -2.93. The van der Waals surface area contributed by atoms with Crippen LogP contribution in [-0.4, -0.2) is 57.8 Å². The smallest absolute Gasteiger partial charge is 0.223 e. The third-order valence-corrected chi connectivity index (χ3v) is 6.66. The van der Waals surface area contributed by atoms with E-state index in [2.05, 4.69) is 34.4 Å². The number of benzene rings is 1. The number of rotatable bonds is 5. The molecule has 0 bridgehead atoms. The minimum absolute atomic E-state index is 0.0277. The first-order chi connectivity index (χ1) is 15.1. The van der Waals surface area contributed by atoms with E-state index in [1.54, 1.807) is 0 Å². The summed E-state index contributed by atoms with van der Waals surface area (Å²) in [5.41, 5.74) is 4.64. The summed E-state index contributed by atoms with van der Waals surface area (Å²) in [6, 6.07) is 8.23. The molecule has 4 heterocycles. The van der Waals surface area contributed by atoms with Gasteiger partial charge in [-0.25, -0.2) is 9.97 Å². The predicted molar refractivity (Wildman–Crippen MR) is 122 cm³/mol. The highest BCUT2D eigenvalue weighted by atomic mass is 16.2. The SMILES string of the molecule is CNc1nc(C2CCCN2C(=O)CCc2c[nH]c3ccccc23)nc2c1CCN(C)C2. The van der Waals surface area contributed by atoms with E-state index >= 15 is 0 Å². The molecule has 2 aromatic heterocycles. The molecule has 1 aromatic carbocycles. The van der Waals surface area contributed by atoms with Crippen molar-refractivity contribution in [1.29, 1.82) is 0 Å². The number of nitrogens with one attached hydrogen (secondary N) is 2. The number of aromatic amines is 1. The van der Waals surface area contributed by atoms with Crippen LogP contribution in [0.15, 0.2) is 30.5 Å². The van der Waals surface area contributed by atoms with Crippen molar-refractivity contribution in [2.75, 3.05) is 32.5 Å². The van der Waals surface area contributed by atoms with Crippen LogP contribution in [-0.2, 0) is 24.2 Å². The molecule has 1 amide bonds. The van der Waals surface area contributed by atoms with E-state index in [1.165, 1.54) is 16.5 Å². The van der Waals surface area contributed by atoms with E-state index in [4.69, 9.17) is 9.97 Å². The molecule has 5 rings (SSSR count). The minimum atomic E-state index is -0.0277. The molecule has 0 aliphatic carbocycles. The highest BCUT2D eigenvalue weighted by Gasteiger charge is 2.33. The number of fused-ring (bicyclic) bond motifs is 2. The summed E-state index contributed by atoms with van der Waals surface area (Å²) in [6.45, 7) is 2.64. The number of nitrogens with zero attached hydrogens (tertiary/aromatic N) is 4. The summed E-state index contributed by atoms with van der Waals surface area (Å²) in [6.07, 6.45) is 6.16. The van der Waals surface area contributed by atoms with E-state index in [9.17, 15) is 4.79 Å². The van der Waals surface area contributed by atoms with E-state index in [0.717, 1.165) is 68.2 Å². The van der Waals surface area contributed by atoms with Crippen LogP contribution in [0.4, 0.5) is 5.82 Å². The van der Waals surface area contributed by atoms with Gasteiger partial charge < -0.3 is 20.1 Å². The van der Waals surface area contributed by atoms with Crippen LogP contribution in [0.5, 0.6) is 0 Å². The molecule has 7 heteroatoms. The second-order valence-corrected chi connectivity index (χ2v) is 8.70. The predicted octanol–water partition coefficient (Wildman–Crippen LogP) is 3.28. The maximum absolute atomic E-state index is 13.2. The number of likely N-dealkylation sites (N-methyl/N-ethyl adjacent to an activating group) is 1. The highest BCUT2D eigenvalue weighted by molar-refractivity contribution is 5.84. The van der Waals surface area contributed by atoms with Crippen LogP contribution in [0.3, 0.4) is 0 Å². The van der Waals surface area contributed by atoms with Crippen molar-refractivity contribution in [3.8, 4) is 0 Å². The Morgan fingerprint density at radius 2 is 2.13 bits per heavy atom. The molecule has 162 valence electrons. The van der Waals surface area contributed by atoms with Gasteiger partial charge in [-0.05, 0) is 44.4 Å². The van der Waals surface area contributed by atoms with E-state index in [1.807, 2.05) is 30.3 Å². The molecule has 31 heavy (non-hydrogen) atoms. The van der Waals surface area contributed by atoms with E-state index in [-0.39, 0.29) is 11.9 Å². The fourth-order valence-electron chi connectivity index (χ4n) is 4.99. The highest BCUT2D eigenvalue weighted by Crippen LogP contribution is 2.33. The van der Waals surface area contributed by atoms with Gasteiger partial charge in [-0.2, -0.15) is 0 Å². The van der Waals surface area contributed by atoms with Crippen molar-refractivity contribution in [3.63, 3.8) is 0 Å². The number of likely N-dealkylation sites (tertiary alicyclic amines) is 1. The number of para-hydroxylation sites is 1. The maximum Gasteiger partial charge on any atom is 0.223 e. The van der Waals surface area contributed by atoms with Gasteiger partial charge in [0.2, 0.25) is 5.91 Å². The summed E-state index contributed by atoms with van der Waals surface area (Å²) in [5.74, 6) is 1.90. The van der Waals surface area contributed by atoms with Crippen molar-refractivity contribution < 1.29 is 4.79 Å². The van der Waals surface area contributed by atoms with Crippen LogP contribution in [0.25, 0.3) is 10.9 Å². The number of aromatic nitrogens is 3. The molecule has 1 unspecified atom stereocenters. The molecule has 3 aromatic rings. The molecule has 1 saturated heterocycles. The number of anilines is 1. The quantitative estimate of drug-likeness (QED) is 0.665. The molecule has 0 spiro atoms. The normalized spacial score (nSPS) is 19.0. The van der Waals surface area contributed by atoms with E-state index in [0.29, 0.717) is 6.42 Å². The summed E-state index contributed by atoms with van der Waals surface area (Å²) in [4.78, 5) is 30.6. The van der Waals surface area contributed by atoms with Crippen molar-refractivity contribution in [3.05, 3.63) is 53.1 Å². The first-order valence-electron chi connectivity index (χ1n) is 11.2. The number of hydrogen-bond acceptors (Lipinski definition) is 5. The summed E-state index contributed by atoms with van der Waals surface area (Å²) < 4.78 is 0. The molecule has 0 radical (unpaired) electrons. The van der Waals surface area contributed by atoms with Crippen molar-refractivity contribution in [2.24, 2.45) is 0 Å². The van der Waals surface area contributed by atoms with Crippen LogP contribution in [0.2, 0.25) is 0 Å². The molecule has 1 atom stereocenters. The van der Waals surface area contributed by atoms with Gasteiger partial charge in [-0.3, -0.25) is 4.79 Å². The third kappa shape index (κ3) is 3.78. The van der Waals surface area contributed by atoms with Gasteiger partial charge in [-0.1, -0.05) is 18.2 Å². The van der Waals surface area contributed by atoms with Crippen LogP contribution in [0, 0.1) is 0 Å². The zero-order valence-electron chi connectivity index (χ0n) is 18.3. The van der Waals surface area contributed by atoms with Gasteiger partial charge in [0.1, 0.15) is 5.82 Å². The molecular formula is C24H30N6O. The lowest BCUT2D eigenvalue weighted by molar-refractivity contribution is -0.132. The standard InChI is InChI=1S/C24H30N6O/c1-25-23-18-11-13-29(2)15-20(18)27-24(28-23)21-8-5-12-30(21)22(31)10-9-16-14-26-19-7-4-3-6-17(16)19/h3-4,6-7,14,21,26H,5,8-13,15H2,1-2H3,(H,25,27,28). The lowest BCUT2D eigenvalue weighted by Gasteiger charge is -2.28. The minimum Gasteiger partial charge on any atom is -0.373 e. The monoisotopic (exact) mass is 418 g/mol. The van der Waals surface area contributed by atoms with Gasteiger partial charge in [-0.15, -0.1) is 0 Å². The molecule has 7 nitrogen and oxygen atoms in total. The molecule has 2 aliphatic rings. The van der Waals surface area contributed by atoms with Gasteiger partial charge in [0.15, 0.2) is 5.82 Å². The Kier molecular flexibility index (Phi) is 5.36.